The van der Waals surface area contributed by atoms with Crippen LogP contribution in [-0.2, 0) is 9.53 Å². The fourth-order valence-corrected chi connectivity index (χ4v) is 2.13. The molecule has 0 unspecified atom stereocenters. The van der Waals surface area contributed by atoms with Gasteiger partial charge in [-0.15, -0.1) is 0 Å². The van der Waals surface area contributed by atoms with Crippen molar-refractivity contribution in [1.82, 2.24) is 5.48 Å². The Morgan fingerprint density at radius 1 is 0.960 bits per heavy atom. The van der Waals surface area contributed by atoms with Gasteiger partial charge < -0.3 is 14.9 Å². The van der Waals surface area contributed by atoms with Crippen molar-refractivity contribution < 1.29 is 25.0 Å². The van der Waals surface area contributed by atoms with E-state index in [1.807, 2.05) is 30.3 Å². The van der Waals surface area contributed by atoms with Crippen LogP contribution in [-0.4, -0.2) is 40.6 Å². The number of nitrogens with one attached hydrogen (secondary N) is 1. The number of hydroxylamine groups is 1. The fourth-order valence-electron chi connectivity index (χ4n) is 2.13. The monoisotopic (exact) mass is 341 g/mol. The lowest BCUT2D eigenvalue weighted by Crippen LogP contribution is -2.38. The van der Waals surface area contributed by atoms with Gasteiger partial charge in [0.2, 0.25) is 0 Å². The molecule has 2 aromatic rings. The second-order valence-corrected chi connectivity index (χ2v) is 5.19. The Hall–Kier alpha value is -2.69. The molecule has 6 nitrogen and oxygen atoms in total. The predicted octanol–water partition coefficient (Wildman–Crippen LogP) is 1.00. The van der Waals surface area contributed by atoms with Crippen LogP contribution in [0.4, 0.5) is 0 Å². The second kappa shape index (κ2) is 9.57. The molecule has 0 fully saturated rings. The van der Waals surface area contributed by atoms with Gasteiger partial charge in [-0.1, -0.05) is 42.2 Å². The van der Waals surface area contributed by atoms with Crippen molar-refractivity contribution >= 4 is 5.91 Å². The molecule has 0 saturated heterocycles. The van der Waals surface area contributed by atoms with E-state index in [1.54, 1.807) is 24.3 Å². The number of aliphatic hydroxyl groups is 2. The Morgan fingerprint density at radius 2 is 1.56 bits per heavy atom. The number of carbonyl (C=O) groups is 1. The maximum absolute atomic E-state index is 11.4. The highest BCUT2D eigenvalue weighted by molar-refractivity contribution is 5.79. The third kappa shape index (κ3) is 5.41. The molecule has 0 radical (unpaired) electrons. The molecule has 4 N–H and O–H groups in total. The number of rotatable bonds is 6. The number of carbonyl (C=O) groups excluding carboxylic acids is 1. The summed E-state index contributed by atoms with van der Waals surface area (Å²) in [6, 6.07) is 16.6. The van der Waals surface area contributed by atoms with Crippen molar-refractivity contribution in [2.24, 2.45) is 0 Å². The Morgan fingerprint density at radius 3 is 2.08 bits per heavy atom. The molecule has 2 rings (SSSR count). The standard InChI is InChI=1S/C19H19NO5/c21-12-17(25-18(13-22)19(23)20-24)16-10-8-15(9-11-16)7-6-14-4-2-1-3-5-14/h1-5,8-11,17-18,21-22,24H,12-13H2,(H,20,23)/t17-,18+/m1/s1. The average Bonchev–Trinajstić information content (AvgIpc) is 2.68. The Balaban J connectivity index is 2.09. The van der Waals surface area contributed by atoms with Gasteiger partial charge in [-0.25, -0.2) is 5.48 Å². The van der Waals surface area contributed by atoms with Crippen molar-refractivity contribution in [2.75, 3.05) is 13.2 Å². The summed E-state index contributed by atoms with van der Waals surface area (Å²) in [5, 5.41) is 27.2. The van der Waals surface area contributed by atoms with Gasteiger partial charge in [0.05, 0.1) is 13.2 Å². The van der Waals surface area contributed by atoms with Crippen molar-refractivity contribution in [3.8, 4) is 11.8 Å². The summed E-state index contributed by atoms with van der Waals surface area (Å²) in [7, 11) is 0. The second-order valence-electron chi connectivity index (χ2n) is 5.19. The third-order valence-corrected chi connectivity index (χ3v) is 3.47. The zero-order valence-electron chi connectivity index (χ0n) is 13.4. The van der Waals surface area contributed by atoms with Gasteiger partial charge in [0, 0.05) is 11.1 Å². The van der Waals surface area contributed by atoms with E-state index in [2.05, 4.69) is 11.8 Å². The lowest BCUT2D eigenvalue weighted by Gasteiger charge is -2.21. The smallest absolute Gasteiger partial charge is 0.274 e. The Bertz CT molecular complexity index is 734. The Kier molecular flexibility index (Phi) is 7.14. The van der Waals surface area contributed by atoms with Crippen molar-refractivity contribution in [1.29, 1.82) is 0 Å². The molecular formula is C19H19NO5. The first-order valence-corrected chi connectivity index (χ1v) is 7.66. The minimum atomic E-state index is -1.28. The van der Waals surface area contributed by atoms with E-state index in [-0.39, 0.29) is 6.61 Å². The minimum Gasteiger partial charge on any atom is -0.393 e. The van der Waals surface area contributed by atoms with Crippen molar-refractivity contribution in [2.45, 2.75) is 12.2 Å². The summed E-state index contributed by atoms with van der Waals surface area (Å²) in [6.07, 6.45) is -2.09. The van der Waals surface area contributed by atoms with E-state index < -0.39 is 24.7 Å². The van der Waals surface area contributed by atoms with Gasteiger partial charge in [0.1, 0.15) is 6.10 Å². The van der Waals surface area contributed by atoms with Gasteiger partial charge in [-0.2, -0.15) is 0 Å². The molecule has 0 spiro atoms. The highest BCUT2D eigenvalue weighted by atomic mass is 16.5. The molecule has 0 heterocycles. The first-order valence-electron chi connectivity index (χ1n) is 7.66. The van der Waals surface area contributed by atoms with E-state index in [0.717, 1.165) is 11.1 Å². The van der Waals surface area contributed by atoms with Crippen LogP contribution >= 0.6 is 0 Å². The third-order valence-electron chi connectivity index (χ3n) is 3.47. The van der Waals surface area contributed by atoms with Crippen molar-refractivity contribution in [3.05, 3.63) is 71.3 Å². The van der Waals surface area contributed by atoms with Crippen LogP contribution in [0.15, 0.2) is 54.6 Å². The molecule has 25 heavy (non-hydrogen) atoms. The highest BCUT2D eigenvalue weighted by Crippen LogP contribution is 2.19. The number of ether oxygens (including phenoxy) is 1. The van der Waals surface area contributed by atoms with Crippen LogP contribution in [0.3, 0.4) is 0 Å². The van der Waals surface area contributed by atoms with Gasteiger partial charge in [0.25, 0.3) is 5.91 Å². The lowest BCUT2D eigenvalue weighted by molar-refractivity contribution is -0.150. The normalized spacial score (nSPS) is 12.6. The predicted molar refractivity (Wildman–Crippen MR) is 90.6 cm³/mol. The number of amides is 1. The number of hydrogen-bond acceptors (Lipinski definition) is 5. The number of benzene rings is 2. The largest absolute Gasteiger partial charge is 0.393 e. The van der Waals surface area contributed by atoms with E-state index in [9.17, 15) is 9.90 Å². The molecule has 130 valence electrons. The molecule has 1 amide bonds. The van der Waals surface area contributed by atoms with Gasteiger partial charge in [-0.05, 0) is 29.8 Å². The summed E-state index contributed by atoms with van der Waals surface area (Å²) < 4.78 is 5.35. The molecular weight excluding hydrogens is 322 g/mol. The van der Waals surface area contributed by atoms with Gasteiger partial charge in [0.15, 0.2) is 6.10 Å². The first kappa shape index (κ1) is 18.6. The zero-order chi connectivity index (χ0) is 18.1. The molecule has 2 atom stereocenters. The van der Waals surface area contributed by atoms with Crippen LogP contribution in [0, 0.1) is 11.8 Å². The number of hydrogen-bond donors (Lipinski definition) is 4. The molecule has 0 aromatic heterocycles. The highest BCUT2D eigenvalue weighted by Gasteiger charge is 2.23. The van der Waals surface area contributed by atoms with E-state index in [0.29, 0.717) is 5.56 Å². The molecule has 2 aromatic carbocycles. The molecule has 0 saturated carbocycles. The van der Waals surface area contributed by atoms with Gasteiger partial charge >= 0.3 is 0 Å². The summed E-state index contributed by atoms with van der Waals surface area (Å²) in [5.41, 5.74) is 3.73. The van der Waals surface area contributed by atoms with Crippen LogP contribution in [0.25, 0.3) is 0 Å². The maximum atomic E-state index is 11.4. The minimum absolute atomic E-state index is 0.385. The SMILES string of the molecule is O=C(NO)[C@H](CO)O[C@H](CO)c1ccc(C#Cc2ccccc2)cc1. The average molecular weight is 341 g/mol. The molecule has 0 aliphatic carbocycles. The molecule has 0 bridgehead atoms. The van der Waals surface area contributed by atoms with E-state index in [4.69, 9.17) is 15.1 Å². The van der Waals surface area contributed by atoms with Crippen molar-refractivity contribution in [3.63, 3.8) is 0 Å². The fraction of sp³-hybridized carbons (Fsp3) is 0.211. The summed E-state index contributed by atoms with van der Waals surface area (Å²) in [6.45, 7) is -1.01. The van der Waals surface area contributed by atoms with E-state index >= 15 is 0 Å². The lowest BCUT2D eigenvalue weighted by atomic mass is 10.1. The molecule has 0 aliphatic rings. The number of aliphatic hydroxyl groups excluding tert-OH is 2. The Labute approximate surface area is 145 Å². The quantitative estimate of drug-likeness (QED) is 0.357. The van der Waals surface area contributed by atoms with E-state index in [1.165, 1.54) is 5.48 Å². The van der Waals surface area contributed by atoms with Crippen LogP contribution in [0.2, 0.25) is 0 Å². The first-order chi connectivity index (χ1) is 12.2. The maximum Gasteiger partial charge on any atom is 0.274 e. The summed E-state index contributed by atoms with van der Waals surface area (Å²) in [4.78, 5) is 11.4. The molecule has 6 heteroatoms. The van der Waals surface area contributed by atoms with Crippen LogP contribution in [0.5, 0.6) is 0 Å². The topological polar surface area (TPSA) is 99.0 Å². The summed E-state index contributed by atoms with van der Waals surface area (Å²) >= 11 is 0. The van der Waals surface area contributed by atoms with Gasteiger partial charge in [-0.3, -0.25) is 10.0 Å². The molecule has 0 aliphatic heterocycles. The van der Waals surface area contributed by atoms with Crippen LogP contribution in [0.1, 0.15) is 22.8 Å². The summed E-state index contributed by atoms with van der Waals surface area (Å²) in [5.74, 6) is 5.19. The van der Waals surface area contributed by atoms with Crippen LogP contribution < -0.4 is 5.48 Å². The zero-order valence-corrected chi connectivity index (χ0v) is 13.4.